The Morgan fingerprint density at radius 3 is 3.00 bits per heavy atom. The maximum absolute atomic E-state index is 9.79. The molecule has 0 aliphatic carbocycles. The quantitative estimate of drug-likeness (QED) is 0.732. The molecule has 1 unspecified atom stereocenters. The van der Waals surface area contributed by atoms with Crippen LogP contribution in [0, 0.1) is 5.92 Å². The molecule has 4 nitrogen and oxygen atoms in total. The van der Waals surface area contributed by atoms with Crippen LogP contribution in [0.2, 0.25) is 0 Å². The van der Waals surface area contributed by atoms with Crippen LogP contribution < -0.4 is 5.32 Å². The van der Waals surface area contributed by atoms with Crippen molar-refractivity contribution in [1.29, 1.82) is 0 Å². The number of rotatable bonds is 6. The van der Waals surface area contributed by atoms with Gasteiger partial charge in [0.2, 0.25) is 0 Å². The Bertz CT molecular complexity index is 492. The fourth-order valence-corrected chi connectivity index (χ4v) is 2.18. The Labute approximate surface area is 107 Å². The SMILES string of the molecule is CC(C)CC(O)CNCc1cccc2cn[nH]c12. The molecule has 1 heterocycles. The normalized spacial score (nSPS) is 13.3. The van der Waals surface area contributed by atoms with Gasteiger partial charge < -0.3 is 10.4 Å². The highest BCUT2D eigenvalue weighted by Gasteiger charge is 2.07. The fraction of sp³-hybridized carbons (Fsp3) is 0.500. The first-order valence-electron chi connectivity index (χ1n) is 6.46. The topological polar surface area (TPSA) is 60.9 Å². The summed E-state index contributed by atoms with van der Waals surface area (Å²) in [6, 6.07) is 6.14. The lowest BCUT2D eigenvalue weighted by Crippen LogP contribution is -2.27. The van der Waals surface area contributed by atoms with Crippen LogP contribution in [-0.2, 0) is 6.54 Å². The van der Waals surface area contributed by atoms with Crippen LogP contribution >= 0.6 is 0 Å². The Morgan fingerprint density at radius 1 is 1.39 bits per heavy atom. The van der Waals surface area contributed by atoms with Crippen LogP contribution in [0.4, 0.5) is 0 Å². The first kappa shape index (κ1) is 13.1. The smallest absolute Gasteiger partial charge is 0.0695 e. The molecule has 98 valence electrons. The van der Waals surface area contributed by atoms with Crippen LogP contribution in [0.3, 0.4) is 0 Å². The molecule has 3 N–H and O–H groups in total. The van der Waals surface area contributed by atoms with Gasteiger partial charge >= 0.3 is 0 Å². The van der Waals surface area contributed by atoms with E-state index < -0.39 is 0 Å². The number of aliphatic hydroxyl groups excluding tert-OH is 1. The lowest BCUT2D eigenvalue weighted by Gasteiger charge is -2.14. The zero-order valence-electron chi connectivity index (χ0n) is 11.0. The second-order valence-electron chi connectivity index (χ2n) is 5.17. The molecule has 0 spiro atoms. The van der Waals surface area contributed by atoms with E-state index >= 15 is 0 Å². The number of nitrogens with one attached hydrogen (secondary N) is 2. The minimum absolute atomic E-state index is 0.272. The molecule has 0 amide bonds. The minimum atomic E-state index is -0.272. The Hall–Kier alpha value is -1.39. The molecule has 2 aromatic rings. The lowest BCUT2D eigenvalue weighted by atomic mass is 10.1. The highest BCUT2D eigenvalue weighted by atomic mass is 16.3. The monoisotopic (exact) mass is 247 g/mol. The van der Waals surface area contributed by atoms with Crippen molar-refractivity contribution < 1.29 is 5.11 Å². The first-order chi connectivity index (χ1) is 8.66. The molecule has 0 aliphatic heterocycles. The van der Waals surface area contributed by atoms with E-state index in [1.807, 2.05) is 18.3 Å². The average molecular weight is 247 g/mol. The number of aliphatic hydroxyl groups is 1. The predicted octanol–water partition coefficient (Wildman–Crippen LogP) is 2.06. The van der Waals surface area contributed by atoms with Gasteiger partial charge in [-0.05, 0) is 17.9 Å². The van der Waals surface area contributed by atoms with Crippen molar-refractivity contribution in [3.8, 4) is 0 Å². The van der Waals surface area contributed by atoms with Crippen molar-refractivity contribution in [3.05, 3.63) is 30.0 Å². The third kappa shape index (κ3) is 3.31. The molecular weight excluding hydrogens is 226 g/mol. The van der Waals surface area contributed by atoms with Crippen LogP contribution in [0.5, 0.6) is 0 Å². The summed E-state index contributed by atoms with van der Waals surface area (Å²) in [7, 11) is 0. The number of aromatic amines is 1. The summed E-state index contributed by atoms with van der Waals surface area (Å²) in [5.74, 6) is 0.526. The molecule has 1 aromatic heterocycles. The van der Waals surface area contributed by atoms with E-state index in [0.29, 0.717) is 12.5 Å². The molecule has 0 saturated carbocycles. The minimum Gasteiger partial charge on any atom is -0.392 e. The number of aromatic nitrogens is 2. The first-order valence-corrected chi connectivity index (χ1v) is 6.46. The maximum Gasteiger partial charge on any atom is 0.0695 e. The standard InChI is InChI=1S/C14H21N3O/c1-10(2)6-13(18)9-15-7-11-4-3-5-12-8-16-17-14(11)12/h3-5,8,10,13,15,18H,6-7,9H2,1-2H3,(H,16,17). The summed E-state index contributed by atoms with van der Waals surface area (Å²) in [5.41, 5.74) is 2.25. The molecule has 0 saturated heterocycles. The van der Waals surface area contributed by atoms with Crippen LogP contribution in [0.25, 0.3) is 10.9 Å². The lowest BCUT2D eigenvalue weighted by molar-refractivity contribution is 0.146. The highest BCUT2D eigenvalue weighted by molar-refractivity contribution is 5.81. The molecular formula is C14H21N3O. The largest absolute Gasteiger partial charge is 0.392 e. The van der Waals surface area contributed by atoms with Gasteiger partial charge in [0.25, 0.3) is 0 Å². The predicted molar refractivity (Wildman–Crippen MR) is 73.3 cm³/mol. The second kappa shape index (κ2) is 5.98. The summed E-state index contributed by atoms with van der Waals surface area (Å²) in [5, 5.41) is 21.2. The van der Waals surface area contributed by atoms with E-state index in [2.05, 4.69) is 35.4 Å². The van der Waals surface area contributed by atoms with Crippen LogP contribution in [-0.4, -0.2) is 28.0 Å². The van der Waals surface area contributed by atoms with Gasteiger partial charge in [-0.15, -0.1) is 0 Å². The van der Waals surface area contributed by atoms with E-state index in [9.17, 15) is 5.11 Å². The number of hydrogen-bond donors (Lipinski definition) is 3. The second-order valence-corrected chi connectivity index (χ2v) is 5.17. The number of H-pyrrole nitrogens is 1. The number of benzene rings is 1. The van der Waals surface area contributed by atoms with Gasteiger partial charge in [-0.2, -0.15) is 5.10 Å². The molecule has 0 aliphatic rings. The van der Waals surface area contributed by atoms with Crippen LogP contribution in [0.15, 0.2) is 24.4 Å². The summed E-state index contributed by atoms with van der Waals surface area (Å²) < 4.78 is 0. The molecule has 1 aromatic carbocycles. The van der Waals surface area contributed by atoms with E-state index in [1.165, 1.54) is 5.56 Å². The van der Waals surface area contributed by atoms with Crippen molar-refractivity contribution in [2.45, 2.75) is 32.9 Å². The fourth-order valence-electron chi connectivity index (χ4n) is 2.18. The van der Waals surface area contributed by atoms with Gasteiger partial charge in [0.1, 0.15) is 0 Å². The van der Waals surface area contributed by atoms with E-state index in [-0.39, 0.29) is 6.10 Å². The zero-order valence-corrected chi connectivity index (χ0v) is 11.0. The van der Waals surface area contributed by atoms with Gasteiger partial charge in [-0.1, -0.05) is 32.0 Å². The van der Waals surface area contributed by atoms with E-state index in [4.69, 9.17) is 0 Å². The Morgan fingerprint density at radius 2 is 2.22 bits per heavy atom. The molecule has 0 bridgehead atoms. The summed E-state index contributed by atoms with van der Waals surface area (Å²) in [6.07, 6.45) is 2.39. The van der Waals surface area contributed by atoms with Gasteiger partial charge in [0.15, 0.2) is 0 Å². The number of hydrogen-bond acceptors (Lipinski definition) is 3. The summed E-state index contributed by atoms with van der Waals surface area (Å²) in [4.78, 5) is 0. The summed E-state index contributed by atoms with van der Waals surface area (Å²) >= 11 is 0. The summed E-state index contributed by atoms with van der Waals surface area (Å²) in [6.45, 7) is 5.61. The highest BCUT2D eigenvalue weighted by Crippen LogP contribution is 2.15. The Balaban J connectivity index is 1.88. The number of nitrogens with zero attached hydrogens (tertiary/aromatic N) is 1. The third-order valence-corrected chi connectivity index (χ3v) is 3.00. The molecule has 0 radical (unpaired) electrons. The molecule has 1 atom stereocenters. The molecule has 0 fully saturated rings. The van der Waals surface area contributed by atoms with Crippen molar-refractivity contribution in [2.75, 3.05) is 6.54 Å². The molecule has 2 rings (SSSR count). The van der Waals surface area contributed by atoms with E-state index in [0.717, 1.165) is 23.9 Å². The van der Waals surface area contributed by atoms with Crippen molar-refractivity contribution in [2.24, 2.45) is 5.92 Å². The van der Waals surface area contributed by atoms with Crippen molar-refractivity contribution >= 4 is 10.9 Å². The van der Waals surface area contributed by atoms with Crippen molar-refractivity contribution in [1.82, 2.24) is 15.5 Å². The van der Waals surface area contributed by atoms with Gasteiger partial charge in [0, 0.05) is 18.5 Å². The molecule has 4 heteroatoms. The van der Waals surface area contributed by atoms with Gasteiger partial charge in [-0.3, -0.25) is 5.10 Å². The van der Waals surface area contributed by atoms with E-state index in [1.54, 1.807) is 0 Å². The zero-order chi connectivity index (χ0) is 13.0. The number of para-hydroxylation sites is 1. The molecule has 18 heavy (non-hydrogen) atoms. The van der Waals surface area contributed by atoms with Crippen LogP contribution in [0.1, 0.15) is 25.8 Å². The van der Waals surface area contributed by atoms with Gasteiger partial charge in [-0.25, -0.2) is 0 Å². The number of fused-ring (bicyclic) bond motifs is 1. The average Bonchev–Trinajstić information content (AvgIpc) is 2.76. The Kier molecular flexibility index (Phi) is 4.33. The van der Waals surface area contributed by atoms with Gasteiger partial charge in [0.05, 0.1) is 17.8 Å². The van der Waals surface area contributed by atoms with Crippen molar-refractivity contribution in [3.63, 3.8) is 0 Å². The maximum atomic E-state index is 9.79. The third-order valence-electron chi connectivity index (χ3n) is 3.00.